The Balaban J connectivity index is 1.84. The van der Waals surface area contributed by atoms with Gasteiger partial charge in [-0.2, -0.15) is 13.2 Å². The maximum Gasteiger partial charge on any atom is 0.418 e. The number of amides is 1. The molecule has 0 fully saturated rings. The Morgan fingerprint density at radius 3 is 2.46 bits per heavy atom. The van der Waals surface area contributed by atoms with Crippen molar-refractivity contribution in [2.75, 3.05) is 5.32 Å². The Hall–Kier alpha value is -3.43. The van der Waals surface area contributed by atoms with Crippen molar-refractivity contribution in [2.24, 2.45) is 0 Å². The first kappa shape index (κ1) is 20.9. The second kappa shape index (κ2) is 8.98. The van der Waals surface area contributed by atoms with Gasteiger partial charge in [0, 0.05) is 18.6 Å². The standard InChI is InChI=1S/C18H15F3N2O5/c19-18(20,21)14-6-1-2-7-15(14)22-16(24)8-9-17(25)28-11-12-4-3-5-13(10-12)23(26)27/h1-7,10H,8-9,11H2,(H,22,24). The number of nitro benzene ring substituents is 1. The largest absolute Gasteiger partial charge is 0.461 e. The van der Waals surface area contributed by atoms with Crippen molar-refractivity contribution < 1.29 is 32.4 Å². The van der Waals surface area contributed by atoms with E-state index in [-0.39, 0.29) is 25.1 Å². The molecule has 28 heavy (non-hydrogen) atoms. The van der Waals surface area contributed by atoms with Gasteiger partial charge in [-0.15, -0.1) is 0 Å². The number of rotatable bonds is 7. The molecule has 2 rings (SSSR count). The third kappa shape index (κ3) is 6.08. The molecule has 0 radical (unpaired) electrons. The fourth-order valence-electron chi connectivity index (χ4n) is 2.26. The quantitative estimate of drug-likeness (QED) is 0.432. The lowest BCUT2D eigenvalue weighted by Gasteiger charge is -2.13. The van der Waals surface area contributed by atoms with Crippen LogP contribution >= 0.6 is 0 Å². The maximum atomic E-state index is 12.9. The van der Waals surface area contributed by atoms with Crippen LogP contribution in [0.15, 0.2) is 48.5 Å². The number of nitro groups is 1. The summed E-state index contributed by atoms with van der Waals surface area (Å²) < 4.78 is 43.6. The minimum atomic E-state index is -4.62. The van der Waals surface area contributed by atoms with Crippen LogP contribution in [0.4, 0.5) is 24.5 Å². The monoisotopic (exact) mass is 396 g/mol. The third-order valence-corrected chi connectivity index (χ3v) is 3.58. The number of alkyl halides is 3. The number of non-ortho nitro benzene ring substituents is 1. The van der Waals surface area contributed by atoms with E-state index in [9.17, 15) is 32.9 Å². The molecule has 148 valence electrons. The molecular weight excluding hydrogens is 381 g/mol. The summed E-state index contributed by atoms with van der Waals surface area (Å²) in [7, 11) is 0. The highest BCUT2D eigenvalue weighted by atomic mass is 19.4. The van der Waals surface area contributed by atoms with Crippen LogP contribution < -0.4 is 5.32 Å². The number of hydrogen-bond donors (Lipinski definition) is 1. The van der Waals surface area contributed by atoms with Crippen molar-refractivity contribution in [1.29, 1.82) is 0 Å². The van der Waals surface area contributed by atoms with Gasteiger partial charge in [-0.3, -0.25) is 19.7 Å². The molecule has 0 heterocycles. The Morgan fingerprint density at radius 2 is 1.79 bits per heavy atom. The normalized spacial score (nSPS) is 11.0. The van der Waals surface area contributed by atoms with Gasteiger partial charge in [-0.1, -0.05) is 24.3 Å². The molecule has 2 aromatic rings. The van der Waals surface area contributed by atoms with E-state index in [2.05, 4.69) is 5.32 Å². The summed E-state index contributed by atoms with van der Waals surface area (Å²) in [6, 6.07) is 9.99. The van der Waals surface area contributed by atoms with Crippen LogP contribution in [0, 0.1) is 10.1 Å². The van der Waals surface area contributed by atoms with Gasteiger partial charge in [0.2, 0.25) is 5.91 Å². The van der Waals surface area contributed by atoms with Crippen molar-refractivity contribution in [1.82, 2.24) is 0 Å². The summed E-state index contributed by atoms with van der Waals surface area (Å²) in [5.74, 6) is -1.53. The highest BCUT2D eigenvalue weighted by Crippen LogP contribution is 2.34. The lowest BCUT2D eigenvalue weighted by molar-refractivity contribution is -0.384. The minimum Gasteiger partial charge on any atom is -0.461 e. The molecule has 0 aliphatic carbocycles. The van der Waals surface area contributed by atoms with Crippen LogP contribution in [-0.4, -0.2) is 16.8 Å². The SMILES string of the molecule is O=C(CCC(=O)OCc1cccc([N+](=O)[O-])c1)Nc1ccccc1C(F)(F)F. The summed E-state index contributed by atoms with van der Waals surface area (Å²) in [5, 5.41) is 12.8. The van der Waals surface area contributed by atoms with Crippen molar-refractivity contribution >= 4 is 23.3 Å². The van der Waals surface area contributed by atoms with E-state index in [0.29, 0.717) is 5.56 Å². The molecule has 0 bridgehead atoms. The van der Waals surface area contributed by atoms with E-state index >= 15 is 0 Å². The third-order valence-electron chi connectivity index (χ3n) is 3.58. The number of nitrogens with zero attached hydrogens (tertiary/aromatic N) is 1. The second-order valence-corrected chi connectivity index (χ2v) is 5.68. The van der Waals surface area contributed by atoms with Gasteiger partial charge in [0.15, 0.2) is 0 Å². The topological polar surface area (TPSA) is 98.5 Å². The van der Waals surface area contributed by atoms with Crippen molar-refractivity contribution in [3.8, 4) is 0 Å². The first-order chi connectivity index (χ1) is 13.2. The Labute approximate surface area is 157 Å². The molecule has 10 heteroatoms. The first-order valence-electron chi connectivity index (χ1n) is 8.02. The second-order valence-electron chi connectivity index (χ2n) is 5.68. The smallest absolute Gasteiger partial charge is 0.418 e. The molecular formula is C18H15F3N2O5. The fourth-order valence-corrected chi connectivity index (χ4v) is 2.26. The molecule has 0 aliphatic heterocycles. The molecule has 0 aromatic heterocycles. The molecule has 0 saturated heterocycles. The van der Waals surface area contributed by atoms with Crippen LogP contribution in [0.3, 0.4) is 0 Å². The zero-order valence-electron chi connectivity index (χ0n) is 14.4. The highest BCUT2D eigenvalue weighted by Gasteiger charge is 2.33. The molecule has 2 aromatic carbocycles. The van der Waals surface area contributed by atoms with E-state index in [1.54, 1.807) is 0 Å². The molecule has 7 nitrogen and oxygen atoms in total. The fraction of sp³-hybridized carbons (Fsp3) is 0.222. The number of anilines is 1. The number of carbonyl (C=O) groups excluding carboxylic acids is 2. The molecule has 1 amide bonds. The number of ether oxygens (including phenoxy) is 1. The summed E-state index contributed by atoms with van der Waals surface area (Å²) in [6.45, 7) is -0.223. The molecule has 0 unspecified atom stereocenters. The Morgan fingerprint density at radius 1 is 1.07 bits per heavy atom. The van der Waals surface area contributed by atoms with Crippen LogP contribution in [-0.2, 0) is 27.1 Å². The van der Waals surface area contributed by atoms with Gasteiger partial charge in [0.1, 0.15) is 6.61 Å². The Kier molecular flexibility index (Phi) is 6.69. The van der Waals surface area contributed by atoms with Gasteiger partial charge < -0.3 is 10.1 Å². The van der Waals surface area contributed by atoms with E-state index < -0.39 is 34.2 Å². The van der Waals surface area contributed by atoms with Crippen LogP contribution in [0.2, 0.25) is 0 Å². The van der Waals surface area contributed by atoms with E-state index in [1.165, 1.54) is 36.4 Å². The zero-order valence-corrected chi connectivity index (χ0v) is 14.4. The molecule has 0 saturated carbocycles. The lowest BCUT2D eigenvalue weighted by Crippen LogP contribution is -2.17. The number of esters is 1. The number of hydrogen-bond acceptors (Lipinski definition) is 5. The van der Waals surface area contributed by atoms with Gasteiger partial charge in [0.25, 0.3) is 5.69 Å². The van der Waals surface area contributed by atoms with Gasteiger partial charge in [-0.25, -0.2) is 0 Å². The summed E-state index contributed by atoms with van der Waals surface area (Å²) in [6.07, 6.45) is -5.35. The van der Waals surface area contributed by atoms with Crippen molar-refractivity contribution in [2.45, 2.75) is 25.6 Å². The van der Waals surface area contributed by atoms with Crippen molar-refractivity contribution in [3.63, 3.8) is 0 Å². The summed E-state index contributed by atoms with van der Waals surface area (Å²) >= 11 is 0. The molecule has 0 spiro atoms. The molecule has 0 aliphatic rings. The van der Waals surface area contributed by atoms with Crippen LogP contribution in [0.1, 0.15) is 24.0 Å². The number of carbonyl (C=O) groups is 2. The number of para-hydroxylation sites is 1. The number of halogens is 3. The summed E-state index contributed by atoms with van der Waals surface area (Å²) in [5.41, 5.74) is -1.15. The average Bonchev–Trinajstić information content (AvgIpc) is 2.64. The Bertz CT molecular complexity index is 884. The van der Waals surface area contributed by atoms with E-state index in [0.717, 1.165) is 12.1 Å². The van der Waals surface area contributed by atoms with Crippen molar-refractivity contribution in [3.05, 3.63) is 69.8 Å². The predicted molar refractivity (Wildman–Crippen MR) is 92.2 cm³/mol. The van der Waals surface area contributed by atoms with E-state index in [1.807, 2.05) is 0 Å². The van der Waals surface area contributed by atoms with Gasteiger partial charge >= 0.3 is 12.1 Å². The minimum absolute atomic E-state index is 0.156. The summed E-state index contributed by atoms with van der Waals surface area (Å²) in [4.78, 5) is 33.6. The lowest BCUT2D eigenvalue weighted by atomic mass is 10.1. The first-order valence-corrected chi connectivity index (χ1v) is 8.02. The highest BCUT2D eigenvalue weighted by molar-refractivity contribution is 5.93. The van der Waals surface area contributed by atoms with Gasteiger partial charge in [0.05, 0.1) is 22.6 Å². The molecule has 1 N–H and O–H groups in total. The number of benzene rings is 2. The zero-order chi connectivity index (χ0) is 20.7. The predicted octanol–water partition coefficient (Wildman–Crippen LogP) is 4.08. The van der Waals surface area contributed by atoms with Crippen LogP contribution in [0.5, 0.6) is 0 Å². The van der Waals surface area contributed by atoms with E-state index in [4.69, 9.17) is 4.74 Å². The number of nitrogens with one attached hydrogen (secondary N) is 1. The maximum absolute atomic E-state index is 12.9. The average molecular weight is 396 g/mol. The van der Waals surface area contributed by atoms with Gasteiger partial charge in [-0.05, 0) is 17.7 Å². The van der Waals surface area contributed by atoms with Crippen LogP contribution in [0.25, 0.3) is 0 Å². The molecule has 0 atom stereocenters.